The fraction of sp³-hybridized carbons (Fsp3) is 0.438. The molecule has 1 fully saturated rings. The van der Waals surface area contributed by atoms with Crippen molar-refractivity contribution in [2.24, 2.45) is 0 Å². The molecule has 0 spiro atoms. The Morgan fingerprint density at radius 1 is 1.38 bits per heavy atom. The molecule has 0 bridgehead atoms. The maximum absolute atomic E-state index is 12.3. The SMILES string of the molecule is CCCc1noc([C@H]2CC(=O)N(c3ccccc3C)C2)n1. The third kappa shape index (κ3) is 2.68. The number of aryl methyl sites for hydroxylation is 2. The second kappa shape index (κ2) is 5.68. The molecule has 0 saturated carbocycles. The molecule has 2 heterocycles. The lowest BCUT2D eigenvalue weighted by Crippen LogP contribution is -2.25. The maximum Gasteiger partial charge on any atom is 0.232 e. The minimum Gasteiger partial charge on any atom is -0.339 e. The van der Waals surface area contributed by atoms with Crippen LogP contribution in [0.5, 0.6) is 0 Å². The first kappa shape index (κ1) is 13.8. The zero-order valence-corrected chi connectivity index (χ0v) is 12.4. The standard InChI is InChI=1S/C16H19N3O2/c1-3-6-14-17-16(21-18-14)12-9-15(20)19(10-12)13-8-5-4-7-11(13)2/h4-5,7-8,12H,3,6,9-10H2,1-2H3/t12-/m0/s1. The van der Waals surface area contributed by atoms with E-state index >= 15 is 0 Å². The van der Waals surface area contributed by atoms with E-state index in [0.29, 0.717) is 18.9 Å². The Balaban J connectivity index is 1.79. The molecule has 5 heteroatoms. The Morgan fingerprint density at radius 2 is 2.19 bits per heavy atom. The minimum atomic E-state index is -0.00443. The fourth-order valence-electron chi connectivity index (χ4n) is 2.73. The quantitative estimate of drug-likeness (QED) is 0.866. The largest absolute Gasteiger partial charge is 0.339 e. The molecule has 1 atom stereocenters. The van der Waals surface area contributed by atoms with Crippen LogP contribution in [0.15, 0.2) is 28.8 Å². The molecule has 0 unspecified atom stereocenters. The van der Waals surface area contributed by atoms with Crippen molar-refractivity contribution in [2.45, 2.75) is 39.0 Å². The summed E-state index contributed by atoms with van der Waals surface area (Å²) in [5, 5.41) is 3.97. The topological polar surface area (TPSA) is 59.2 Å². The van der Waals surface area contributed by atoms with E-state index in [9.17, 15) is 4.79 Å². The summed E-state index contributed by atoms with van der Waals surface area (Å²) in [6.45, 7) is 4.70. The van der Waals surface area contributed by atoms with Gasteiger partial charge in [0.15, 0.2) is 5.82 Å². The van der Waals surface area contributed by atoms with E-state index in [0.717, 1.165) is 29.9 Å². The first-order valence-electron chi connectivity index (χ1n) is 7.37. The summed E-state index contributed by atoms with van der Waals surface area (Å²) in [7, 11) is 0. The van der Waals surface area contributed by atoms with Crippen molar-refractivity contribution in [3.63, 3.8) is 0 Å². The average molecular weight is 285 g/mol. The van der Waals surface area contributed by atoms with Gasteiger partial charge in [0.2, 0.25) is 11.8 Å². The van der Waals surface area contributed by atoms with Crippen molar-refractivity contribution in [1.29, 1.82) is 0 Å². The Hall–Kier alpha value is -2.17. The van der Waals surface area contributed by atoms with Crippen LogP contribution in [0.4, 0.5) is 5.69 Å². The summed E-state index contributed by atoms with van der Waals surface area (Å²) in [4.78, 5) is 18.5. The number of hydrogen-bond acceptors (Lipinski definition) is 4. The van der Waals surface area contributed by atoms with Crippen LogP contribution in [0.25, 0.3) is 0 Å². The molecule has 1 aliphatic rings. The normalized spacial score (nSPS) is 18.5. The van der Waals surface area contributed by atoms with E-state index in [1.165, 1.54) is 0 Å². The highest BCUT2D eigenvalue weighted by atomic mass is 16.5. The Labute approximate surface area is 124 Å². The van der Waals surface area contributed by atoms with Crippen molar-refractivity contribution >= 4 is 11.6 Å². The predicted octanol–water partition coefficient (Wildman–Crippen LogP) is 2.85. The lowest BCUT2D eigenvalue weighted by atomic mass is 10.1. The Morgan fingerprint density at radius 3 is 2.95 bits per heavy atom. The van der Waals surface area contributed by atoms with E-state index in [-0.39, 0.29) is 11.8 Å². The monoisotopic (exact) mass is 285 g/mol. The molecule has 21 heavy (non-hydrogen) atoms. The molecular weight excluding hydrogens is 266 g/mol. The first-order chi connectivity index (χ1) is 10.2. The number of aromatic nitrogens is 2. The second-order valence-electron chi connectivity index (χ2n) is 5.49. The molecule has 110 valence electrons. The smallest absolute Gasteiger partial charge is 0.232 e. The van der Waals surface area contributed by atoms with Gasteiger partial charge in [0, 0.05) is 25.1 Å². The molecule has 1 saturated heterocycles. The van der Waals surface area contributed by atoms with Crippen LogP contribution in [0.2, 0.25) is 0 Å². The third-order valence-electron chi connectivity index (χ3n) is 3.84. The summed E-state index contributed by atoms with van der Waals surface area (Å²) in [5.41, 5.74) is 2.07. The number of carbonyl (C=O) groups is 1. The Bertz CT molecular complexity index is 650. The molecule has 1 aliphatic heterocycles. The average Bonchev–Trinajstić information content (AvgIpc) is 3.07. The molecule has 0 N–H and O–H groups in total. The van der Waals surface area contributed by atoms with Crippen LogP contribution in [-0.2, 0) is 11.2 Å². The summed E-state index contributed by atoms with van der Waals surface area (Å²) in [6, 6.07) is 7.93. The number of hydrogen-bond donors (Lipinski definition) is 0. The van der Waals surface area contributed by atoms with Gasteiger partial charge < -0.3 is 9.42 Å². The molecule has 5 nitrogen and oxygen atoms in total. The second-order valence-corrected chi connectivity index (χ2v) is 5.49. The molecule has 2 aromatic rings. The van der Waals surface area contributed by atoms with Crippen LogP contribution in [-0.4, -0.2) is 22.6 Å². The van der Waals surface area contributed by atoms with Crippen molar-refractivity contribution in [1.82, 2.24) is 10.1 Å². The van der Waals surface area contributed by atoms with E-state index in [1.807, 2.05) is 36.1 Å². The third-order valence-corrected chi connectivity index (χ3v) is 3.84. The van der Waals surface area contributed by atoms with Gasteiger partial charge in [-0.1, -0.05) is 30.3 Å². The minimum absolute atomic E-state index is 0.00443. The van der Waals surface area contributed by atoms with Gasteiger partial charge in [-0.2, -0.15) is 4.98 Å². The molecule has 1 aromatic heterocycles. The number of para-hydroxylation sites is 1. The molecule has 3 rings (SSSR count). The first-order valence-corrected chi connectivity index (χ1v) is 7.37. The highest BCUT2D eigenvalue weighted by molar-refractivity contribution is 5.97. The van der Waals surface area contributed by atoms with Crippen LogP contribution in [0, 0.1) is 6.92 Å². The zero-order chi connectivity index (χ0) is 14.8. The zero-order valence-electron chi connectivity index (χ0n) is 12.4. The van der Waals surface area contributed by atoms with Gasteiger partial charge in [-0.25, -0.2) is 0 Å². The maximum atomic E-state index is 12.3. The van der Waals surface area contributed by atoms with Crippen molar-refractivity contribution in [3.05, 3.63) is 41.5 Å². The molecule has 0 radical (unpaired) electrons. The lowest BCUT2D eigenvalue weighted by Gasteiger charge is -2.18. The molecule has 1 aromatic carbocycles. The predicted molar refractivity (Wildman–Crippen MR) is 79.2 cm³/mol. The highest BCUT2D eigenvalue weighted by Crippen LogP contribution is 2.32. The molecule has 0 aliphatic carbocycles. The van der Waals surface area contributed by atoms with Gasteiger partial charge in [0.25, 0.3) is 0 Å². The van der Waals surface area contributed by atoms with E-state index in [4.69, 9.17) is 4.52 Å². The van der Waals surface area contributed by atoms with Gasteiger partial charge in [-0.3, -0.25) is 4.79 Å². The van der Waals surface area contributed by atoms with Gasteiger partial charge in [-0.05, 0) is 25.0 Å². The van der Waals surface area contributed by atoms with Gasteiger partial charge >= 0.3 is 0 Å². The van der Waals surface area contributed by atoms with E-state index in [2.05, 4.69) is 17.1 Å². The lowest BCUT2D eigenvalue weighted by molar-refractivity contribution is -0.117. The van der Waals surface area contributed by atoms with Crippen molar-refractivity contribution in [2.75, 3.05) is 11.4 Å². The number of nitrogens with zero attached hydrogens (tertiary/aromatic N) is 3. The number of anilines is 1. The van der Waals surface area contributed by atoms with Crippen LogP contribution in [0.3, 0.4) is 0 Å². The molecule has 1 amide bonds. The summed E-state index contributed by atoms with van der Waals surface area (Å²) >= 11 is 0. The Kier molecular flexibility index (Phi) is 3.73. The van der Waals surface area contributed by atoms with Gasteiger partial charge in [0.1, 0.15) is 0 Å². The number of amides is 1. The van der Waals surface area contributed by atoms with E-state index in [1.54, 1.807) is 0 Å². The fourth-order valence-corrected chi connectivity index (χ4v) is 2.73. The molecular formula is C16H19N3O2. The number of rotatable bonds is 4. The highest BCUT2D eigenvalue weighted by Gasteiger charge is 2.35. The number of carbonyl (C=O) groups excluding carboxylic acids is 1. The number of benzene rings is 1. The summed E-state index contributed by atoms with van der Waals surface area (Å²) in [6.07, 6.45) is 2.23. The van der Waals surface area contributed by atoms with Crippen LogP contribution in [0.1, 0.15) is 43.0 Å². The van der Waals surface area contributed by atoms with Gasteiger partial charge in [-0.15, -0.1) is 0 Å². The van der Waals surface area contributed by atoms with Gasteiger partial charge in [0.05, 0.1) is 5.92 Å². The van der Waals surface area contributed by atoms with Crippen LogP contribution < -0.4 is 4.90 Å². The van der Waals surface area contributed by atoms with Crippen molar-refractivity contribution in [3.8, 4) is 0 Å². The van der Waals surface area contributed by atoms with Crippen LogP contribution >= 0.6 is 0 Å². The van der Waals surface area contributed by atoms with Crippen molar-refractivity contribution < 1.29 is 9.32 Å². The summed E-state index contributed by atoms with van der Waals surface area (Å²) < 4.78 is 5.32. The van der Waals surface area contributed by atoms with E-state index < -0.39 is 0 Å². The summed E-state index contributed by atoms with van der Waals surface area (Å²) in [5.74, 6) is 1.43.